The van der Waals surface area contributed by atoms with E-state index in [0.29, 0.717) is 31.2 Å². The van der Waals surface area contributed by atoms with Crippen LogP contribution < -0.4 is 10.2 Å². The number of aromatic nitrogens is 2. The number of amides is 1. The lowest BCUT2D eigenvalue weighted by Crippen LogP contribution is -2.37. The fraction of sp³-hybridized carbons (Fsp3) is 0.286. The number of benzene rings is 2. The molecule has 0 bridgehead atoms. The first kappa shape index (κ1) is 18.7. The molecule has 0 spiro atoms. The Morgan fingerprint density at radius 1 is 1.07 bits per heavy atom. The summed E-state index contributed by atoms with van der Waals surface area (Å²) in [4.78, 5) is 23.9. The van der Waals surface area contributed by atoms with Crippen molar-refractivity contribution in [2.75, 3.05) is 37.7 Å². The third-order valence-electron chi connectivity index (χ3n) is 4.73. The van der Waals surface area contributed by atoms with Crippen LogP contribution >= 0.6 is 11.6 Å². The normalized spacial score (nSPS) is 14.2. The molecular weight excluding hydrogens is 376 g/mol. The van der Waals surface area contributed by atoms with Gasteiger partial charge in [0.15, 0.2) is 0 Å². The fourth-order valence-electron chi connectivity index (χ4n) is 3.27. The number of nitrogens with one attached hydrogen (secondary N) is 1. The summed E-state index contributed by atoms with van der Waals surface area (Å²) in [5.74, 6) is 0.678. The summed E-state index contributed by atoms with van der Waals surface area (Å²) >= 11 is 6.18. The standard InChI is InChI=1S/C21H21ClN4O2/c22-17-7-3-1-5-15(17)9-10-23-21(27)19-24-18-8-4-2-6-16(18)20(25-19)26-11-13-28-14-12-26/h1-8H,9-14H2,(H,23,27). The van der Waals surface area contributed by atoms with Crippen molar-refractivity contribution in [3.05, 3.63) is 64.9 Å². The molecule has 0 unspecified atom stereocenters. The topological polar surface area (TPSA) is 67.4 Å². The number of rotatable bonds is 5. The first-order chi connectivity index (χ1) is 13.7. The number of fused-ring (bicyclic) bond motifs is 1. The van der Waals surface area contributed by atoms with Gasteiger partial charge >= 0.3 is 0 Å². The molecule has 4 rings (SSSR count). The quantitative estimate of drug-likeness (QED) is 0.717. The van der Waals surface area contributed by atoms with E-state index >= 15 is 0 Å². The number of hydrogen-bond donors (Lipinski definition) is 1. The highest BCUT2D eigenvalue weighted by atomic mass is 35.5. The highest BCUT2D eigenvalue weighted by Gasteiger charge is 2.19. The maximum absolute atomic E-state index is 12.7. The molecule has 1 N–H and O–H groups in total. The van der Waals surface area contributed by atoms with E-state index in [0.717, 1.165) is 35.4 Å². The monoisotopic (exact) mass is 396 g/mol. The van der Waals surface area contributed by atoms with Crippen LogP contribution in [-0.4, -0.2) is 48.7 Å². The van der Waals surface area contributed by atoms with E-state index in [2.05, 4.69) is 20.2 Å². The Hall–Kier alpha value is -2.70. The molecule has 1 fully saturated rings. The molecule has 2 heterocycles. The first-order valence-electron chi connectivity index (χ1n) is 9.33. The molecule has 0 radical (unpaired) electrons. The van der Waals surface area contributed by atoms with Gasteiger partial charge in [-0.25, -0.2) is 9.97 Å². The van der Waals surface area contributed by atoms with E-state index < -0.39 is 0 Å². The Kier molecular flexibility index (Phi) is 5.69. The number of halogens is 1. The van der Waals surface area contributed by atoms with Crippen molar-refractivity contribution in [3.63, 3.8) is 0 Å². The molecule has 7 heteroatoms. The number of morpholine rings is 1. The average Bonchev–Trinajstić information content (AvgIpc) is 2.75. The lowest BCUT2D eigenvalue weighted by molar-refractivity contribution is 0.0944. The molecule has 6 nitrogen and oxygen atoms in total. The Labute approximate surface area is 168 Å². The van der Waals surface area contributed by atoms with Crippen molar-refractivity contribution >= 4 is 34.2 Å². The molecule has 1 aromatic heterocycles. The van der Waals surface area contributed by atoms with Gasteiger partial charge in [0.05, 0.1) is 18.7 Å². The number of carbonyl (C=O) groups excluding carboxylic acids is 1. The Morgan fingerprint density at radius 3 is 2.64 bits per heavy atom. The Bertz CT molecular complexity index is 989. The lowest BCUT2D eigenvalue weighted by atomic mass is 10.1. The number of carbonyl (C=O) groups is 1. The number of para-hydroxylation sites is 1. The highest BCUT2D eigenvalue weighted by Crippen LogP contribution is 2.24. The van der Waals surface area contributed by atoms with Gasteiger partial charge in [0, 0.05) is 30.0 Å². The Morgan fingerprint density at radius 2 is 1.82 bits per heavy atom. The van der Waals surface area contributed by atoms with Crippen molar-refractivity contribution in [1.29, 1.82) is 0 Å². The van der Waals surface area contributed by atoms with Gasteiger partial charge in [-0.1, -0.05) is 41.9 Å². The maximum Gasteiger partial charge on any atom is 0.289 e. The minimum Gasteiger partial charge on any atom is -0.378 e. The second-order valence-corrected chi connectivity index (χ2v) is 6.99. The second kappa shape index (κ2) is 8.54. The van der Waals surface area contributed by atoms with Crippen molar-refractivity contribution in [1.82, 2.24) is 15.3 Å². The van der Waals surface area contributed by atoms with Crippen molar-refractivity contribution in [2.24, 2.45) is 0 Å². The minimum atomic E-state index is -0.285. The summed E-state index contributed by atoms with van der Waals surface area (Å²) in [5, 5.41) is 4.55. The van der Waals surface area contributed by atoms with E-state index in [4.69, 9.17) is 16.3 Å². The van der Waals surface area contributed by atoms with Gasteiger partial charge < -0.3 is 15.0 Å². The number of hydrogen-bond acceptors (Lipinski definition) is 5. The van der Waals surface area contributed by atoms with E-state index in [-0.39, 0.29) is 11.7 Å². The Balaban J connectivity index is 1.54. The number of nitrogens with zero attached hydrogens (tertiary/aromatic N) is 3. The predicted molar refractivity (Wildman–Crippen MR) is 110 cm³/mol. The first-order valence-corrected chi connectivity index (χ1v) is 9.71. The van der Waals surface area contributed by atoms with Crippen LogP contribution in [0, 0.1) is 0 Å². The highest BCUT2D eigenvalue weighted by molar-refractivity contribution is 6.31. The molecule has 28 heavy (non-hydrogen) atoms. The SMILES string of the molecule is O=C(NCCc1ccccc1Cl)c1nc(N2CCOCC2)c2ccccc2n1. The fourth-order valence-corrected chi connectivity index (χ4v) is 3.50. The third-order valence-corrected chi connectivity index (χ3v) is 5.10. The summed E-state index contributed by atoms with van der Waals surface area (Å²) in [5.41, 5.74) is 1.76. The van der Waals surface area contributed by atoms with E-state index in [1.54, 1.807) is 0 Å². The van der Waals surface area contributed by atoms with Crippen LogP contribution in [0.1, 0.15) is 16.2 Å². The van der Waals surface area contributed by atoms with Crippen LogP contribution in [0.3, 0.4) is 0 Å². The summed E-state index contributed by atoms with van der Waals surface area (Å²) in [6, 6.07) is 15.4. The van der Waals surface area contributed by atoms with Gasteiger partial charge in [-0.15, -0.1) is 0 Å². The molecule has 0 atom stereocenters. The molecule has 2 aromatic carbocycles. The average molecular weight is 397 g/mol. The van der Waals surface area contributed by atoms with Gasteiger partial charge in [-0.3, -0.25) is 4.79 Å². The molecule has 0 aliphatic carbocycles. The smallest absolute Gasteiger partial charge is 0.289 e. The molecule has 144 valence electrons. The molecular formula is C21H21ClN4O2. The molecule has 1 amide bonds. The van der Waals surface area contributed by atoms with Crippen LogP contribution in [0.2, 0.25) is 5.02 Å². The van der Waals surface area contributed by atoms with Crippen LogP contribution in [-0.2, 0) is 11.2 Å². The molecule has 3 aromatic rings. The molecule has 1 aliphatic heterocycles. The van der Waals surface area contributed by atoms with Gasteiger partial charge in [-0.05, 0) is 30.2 Å². The number of ether oxygens (including phenoxy) is 1. The van der Waals surface area contributed by atoms with Crippen molar-refractivity contribution in [2.45, 2.75) is 6.42 Å². The summed E-state index contributed by atoms with van der Waals surface area (Å²) in [6.07, 6.45) is 0.648. The van der Waals surface area contributed by atoms with Gasteiger partial charge in [0.1, 0.15) is 5.82 Å². The molecule has 1 saturated heterocycles. The third kappa shape index (κ3) is 4.08. The van der Waals surface area contributed by atoms with Crippen LogP contribution in [0.4, 0.5) is 5.82 Å². The maximum atomic E-state index is 12.7. The predicted octanol–water partition coefficient (Wildman–Crippen LogP) is 3.09. The zero-order valence-electron chi connectivity index (χ0n) is 15.4. The van der Waals surface area contributed by atoms with Crippen LogP contribution in [0.5, 0.6) is 0 Å². The largest absolute Gasteiger partial charge is 0.378 e. The number of anilines is 1. The van der Waals surface area contributed by atoms with Gasteiger partial charge in [0.2, 0.25) is 5.82 Å². The molecule has 0 saturated carbocycles. The summed E-state index contributed by atoms with van der Waals surface area (Å²) in [6.45, 7) is 3.25. The lowest BCUT2D eigenvalue weighted by Gasteiger charge is -2.28. The van der Waals surface area contributed by atoms with Crippen LogP contribution in [0.15, 0.2) is 48.5 Å². The minimum absolute atomic E-state index is 0.180. The summed E-state index contributed by atoms with van der Waals surface area (Å²) < 4.78 is 5.44. The van der Waals surface area contributed by atoms with E-state index in [1.807, 2.05) is 48.5 Å². The second-order valence-electron chi connectivity index (χ2n) is 6.58. The molecule has 1 aliphatic rings. The van der Waals surface area contributed by atoms with Crippen molar-refractivity contribution < 1.29 is 9.53 Å². The van der Waals surface area contributed by atoms with E-state index in [1.165, 1.54) is 0 Å². The summed E-state index contributed by atoms with van der Waals surface area (Å²) in [7, 11) is 0. The van der Waals surface area contributed by atoms with Gasteiger partial charge in [0.25, 0.3) is 5.91 Å². The van der Waals surface area contributed by atoms with Gasteiger partial charge in [-0.2, -0.15) is 0 Å². The zero-order chi connectivity index (χ0) is 19.3. The van der Waals surface area contributed by atoms with Crippen molar-refractivity contribution in [3.8, 4) is 0 Å². The van der Waals surface area contributed by atoms with Crippen LogP contribution in [0.25, 0.3) is 10.9 Å². The zero-order valence-corrected chi connectivity index (χ0v) is 16.2. The van der Waals surface area contributed by atoms with E-state index in [9.17, 15) is 4.79 Å².